The van der Waals surface area contributed by atoms with E-state index in [1.54, 1.807) is 24.3 Å². The fraction of sp³-hybridized carbons (Fsp3) is 0.167. The highest BCUT2D eigenvalue weighted by Gasteiger charge is 2.26. The van der Waals surface area contributed by atoms with E-state index >= 15 is 0 Å². The standard InChI is InChI=1S/C24H20Cl2N4O3S/c1-16-27-28-24(30(16)19-7-3-2-4-8-19)34-23(14-29(31)32)20-9-5-6-10-22(20)33-15-17-11-12-18(25)13-21(17)26/h2-13,23H,14-15H2,1H3/t23-/m1/s1. The molecule has 0 aliphatic carbocycles. The van der Waals surface area contributed by atoms with Crippen molar-refractivity contribution in [3.05, 3.63) is 110 Å². The molecular weight excluding hydrogens is 495 g/mol. The summed E-state index contributed by atoms with van der Waals surface area (Å²) < 4.78 is 7.94. The monoisotopic (exact) mass is 514 g/mol. The molecule has 0 unspecified atom stereocenters. The maximum Gasteiger partial charge on any atom is 0.220 e. The van der Waals surface area contributed by atoms with Crippen LogP contribution in [-0.4, -0.2) is 26.2 Å². The molecular formula is C24H20Cl2N4O3S. The molecule has 4 aromatic rings. The van der Waals surface area contributed by atoms with E-state index in [-0.39, 0.29) is 18.1 Å². The predicted molar refractivity (Wildman–Crippen MR) is 134 cm³/mol. The lowest BCUT2D eigenvalue weighted by molar-refractivity contribution is -0.479. The van der Waals surface area contributed by atoms with Crippen molar-refractivity contribution < 1.29 is 9.66 Å². The lowest BCUT2D eigenvalue weighted by Gasteiger charge is -2.18. The summed E-state index contributed by atoms with van der Waals surface area (Å²) in [6.07, 6.45) is 0. The van der Waals surface area contributed by atoms with Gasteiger partial charge in [-0.1, -0.05) is 77.4 Å². The molecule has 1 heterocycles. The van der Waals surface area contributed by atoms with Gasteiger partial charge in [0.2, 0.25) is 6.54 Å². The molecule has 1 atom stereocenters. The van der Waals surface area contributed by atoms with E-state index < -0.39 is 5.25 Å². The average molecular weight is 515 g/mol. The lowest BCUT2D eigenvalue weighted by Crippen LogP contribution is -2.12. The van der Waals surface area contributed by atoms with Crippen molar-refractivity contribution in [2.75, 3.05) is 6.54 Å². The Bertz CT molecular complexity index is 1300. The summed E-state index contributed by atoms with van der Waals surface area (Å²) in [5.41, 5.74) is 2.34. The molecule has 0 radical (unpaired) electrons. The SMILES string of the molecule is Cc1nnc(S[C@H](C[N+](=O)[O-])c2ccccc2OCc2ccc(Cl)cc2Cl)n1-c1ccccc1. The van der Waals surface area contributed by atoms with Crippen molar-refractivity contribution in [2.45, 2.75) is 23.9 Å². The van der Waals surface area contributed by atoms with Gasteiger partial charge in [0.1, 0.15) is 23.4 Å². The number of aromatic nitrogens is 3. The van der Waals surface area contributed by atoms with Gasteiger partial charge in [0.15, 0.2) is 5.16 Å². The van der Waals surface area contributed by atoms with Crippen LogP contribution in [0.2, 0.25) is 10.0 Å². The normalized spacial score (nSPS) is 11.9. The van der Waals surface area contributed by atoms with Gasteiger partial charge in [-0.15, -0.1) is 10.2 Å². The highest BCUT2D eigenvalue weighted by atomic mass is 35.5. The summed E-state index contributed by atoms with van der Waals surface area (Å²) >= 11 is 13.5. The minimum atomic E-state index is -0.557. The van der Waals surface area contributed by atoms with E-state index in [9.17, 15) is 10.1 Å². The van der Waals surface area contributed by atoms with Crippen LogP contribution in [0.15, 0.2) is 78.0 Å². The molecule has 10 heteroatoms. The van der Waals surface area contributed by atoms with Gasteiger partial charge < -0.3 is 4.74 Å². The van der Waals surface area contributed by atoms with Crippen molar-refractivity contribution in [1.29, 1.82) is 0 Å². The molecule has 0 spiro atoms. The highest BCUT2D eigenvalue weighted by Crippen LogP contribution is 2.40. The molecule has 174 valence electrons. The molecule has 0 bridgehead atoms. The van der Waals surface area contributed by atoms with Crippen LogP contribution in [0.5, 0.6) is 5.75 Å². The number of nitrogens with zero attached hydrogens (tertiary/aromatic N) is 4. The fourth-order valence-corrected chi connectivity index (χ4v) is 5.09. The van der Waals surface area contributed by atoms with Gasteiger partial charge in [0.05, 0.1) is 0 Å². The van der Waals surface area contributed by atoms with Crippen molar-refractivity contribution in [3.8, 4) is 11.4 Å². The second-order valence-electron chi connectivity index (χ2n) is 7.38. The Morgan fingerprint density at radius 3 is 2.53 bits per heavy atom. The van der Waals surface area contributed by atoms with Gasteiger partial charge in [0, 0.05) is 31.8 Å². The Morgan fingerprint density at radius 1 is 1.06 bits per heavy atom. The third kappa shape index (κ3) is 5.70. The number of aryl methyl sites for hydroxylation is 1. The van der Waals surface area contributed by atoms with Crippen molar-refractivity contribution >= 4 is 35.0 Å². The maximum absolute atomic E-state index is 11.6. The summed E-state index contributed by atoms with van der Waals surface area (Å²) in [6.45, 7) is 1.73. The van der Waals surface area contributed by atoms with Crippen LogP contribution in [0.25, 0.3) is 5.69 Å². The zero-order valence-electron chi connectivity index (χ0n) is 18.1. The first-order valence-electron chi connectivity index (χ1n) is 10.3. The van der Waals surface area contributed by atoms with E-state index in [4.69, 9.17) is 27.9 Å². The fourth-order valence-electron chi connectivity index (χ4n) is 3.43. The molecule has 0 saturated carbocycles. The number of benzene rings is 3. The van der Waals surface area contributed by atoms with Crippen LogP contribution in [0.4, 0.5) is 0 Å². The van der Waals surface area contributed by atoms with Gasteiger partial charge in [-0.2, -0.15) is 0 Å². The van der Waals surface area contributed by atoms with E-state index in [1.165, 1.54) is 11.8 Å². The Kier molecular flexibility index (Phi) is 7.72. The molecule has 0 saturated heterocycles. The van der Waals surface area contributed by atoms with Gasteiger partial charge in [-0.3, -0.25) is 14.7 Å². The first-order chi connectivity index (χ1) is 16.4. The van der Waals surface area contributed by atoms with Gasteiger partial charge in [0.25, 0.3) is 0 Å². The summed E-state index contributed by atoms with van der Waals surface area (Å²) in [5, 5.41) is 21.1. The molecule has 0 aliphatic rings. The number of hydrogen-bond acceptors (Lipinski definition) is 6. The predicted octanol–water partition coefficient (Wildman–Crippen LogP) is 6.57. The van der Waals surface area contributed by atoms with Crippen LogP contribution in [0, 0.1) is 17.0 Å². The second kappa shape index (κ2) is 10.9. The molecule has 7 nitrogen and oxygen atoms in total. The van der Waals surface area contributed by atoms with E-state index in [0.717, 1.165) is 11.3 Å². The molecule has 0 aliphatic heterocycles. The topological polar surface area (TPSA) is 83.1 Å². The number of rotatable bonds is 9. The Hall–Kier alpha value is -3.07. The summed E-state index contributed by atoms with van der Waals surface area (Å²) in [6, 6.07) is 22.1. The largest absolute Gasteiger partial charge is 0.489 e. The minimum absolute atomic E-state index is 0.197. The minimum Gasteiger partial charge on any atom is -0.489 e. The number of hydrogen-bond donors (Lipinski definition) is 0. The summed E-state index contributed by atoms with van der Waals surface area (Å²) in [7, 11) is 0. The summed E-state index contributed by atoms with van der Waals surface area (Å²) in [5.74, 6) is 1.23. The average Bonchev–Trinajstić information content (AvgIpc) is 3.18. The zero-order chi connectivity index (χ0) is 24.1. The molecule has 0 N–H and O–H groups in total. The van der Waals surface area contributed by atoms with Crippen LogP contribution < -0.4 is 4.74 Å². The number of ether oxygens (including phenoxy) is 1. The van der Waals surface area contributed by atoms with E-state index in [2.05, 4.69) is 10.2 Å². The van der Waals surface area contributed by atoms with Gasteiger partial charge >= 0.3 is 0 Å². The first-order valence-corrected chi connectivity index (χ1v) is 12.0. The number of para-hydroxylation sites is 2. The van der Waals surface area contributed by atoms with E-state index in [0.29, 0.717) is 32.3 Å². The van der Waals surface area contributed by atoms with Crippen LogP contribution in [0.1, 0.15) is 22.2 Å². The second-order valence-corrected chi connectivity index (χ2v) is 9.40. The van der Waals surface area contributed by atoms with Crippen molar-refractivity contribution in [1.82, 2.24) is 14.8 Å². The quantitative estimate of drug-likeness (QED) is 0.142. The van der Waals surface area contributed by atoms with E-state index in [1.807, 2.05) is 60.0 Å². The Balaban J connectivity index is 1.64. The van der Waals surface area contributed by atoms with Crippen LogP contribution in [0.3, 0.4) is 0 Å². The number of halogens is 2. The highest BCUT2D eigenvalue weighted by molar-refractivity contribution is 7.99. The zero-order valence-corrected chi connectivity index (χ0v) is 20.4. The Labute approximate surface area is 210 Å². The third-order valence-corrected chi connectivity index (χ3v) is 6.79. The number of nitro groups is 1. The summed E-state index contributed by atoms with van der Waals surface area (Å²) in [4.78, 5) is 11.2. The van der Waals surface area contributed by atoms with Crippen molar-refractivity contribution in [3.63, 3.8) is 0 Å². The first kappa shape index (κ1) is 24.1. The maximum atomic E-state index is 11.6. The van der Waals surface area contributed by atoms with Crippen LogP contribution in [-0.2, 0) is 6.61 Å². The smallest absolute Gasteiger partial charge is 0.220 e. The number of thioether (sulfide) groups is 1. The molecule has 1 aromatic heterocycles. The molecule has 34 heavy (non-hydrogen) atoms. The van der Waals surface area contributed by atoms with Crippen molar-refractivity contribution in [2.24, 2.45) is 0 Å². The van der Waals surface area contributed by atoms with Gasteiger partial charge in [-0.05, 0) is 37.3 Å². The third-order valence-electron chi connectivity index (χ3n) is 5.04. The molecule has 0 fully saturated rings. The lowest BCUT2D eigenvalue weighted by atomic mass is 10.1. The molecule has 3 aromatic carbocycles. The Morgan fingerprint density at radius 2 is 1.79 bits per heavy atom. The molecule has 0 amide bonds. The van der Waals surface area contributed by atoms with Crippen LogP contribution >= 0.6 is 35.0 Å². The molecule has 4 rings (SSSR count). The van der Waals surface area contributed by atoms with Gasteiger partial charge in [-0.25, -0.2) is 0 Å².